The quantitative estimate of drug-likeness (QED) is 0.940. The van der Waals surface area contributed by atoms with Crippen molar-refractivity contribution < 1.29 is 0 Å². The minimum absolute atomic E-state index is 0.240. The van der Waals surface area contributed by atoms with Crippen molar-refractivity contribution in [3.05, 3.63) is 27.7 Å². The lowest BCUT2D eigenvalue weighted by Gasteiger charge is -2.15. The molecule has 3 heterocycles. The molecule has 0 bridgehead atoms. The van der Waals surface area contributed by atoms with Gasteiger partial charge in [0.1, 0.15) is 0 Å². The molecular weight excluding hydrogens is 282 g/mol. The Labute approximate surface area is 120 Å². The number of hydrogen-bond donors (Lipinski definition) is 1. The first-order chi connectivity index (χ1) is 9.31. The van der Waals surface area contributed by atoms with Crippen LogP contribution in [0.5, 0.6) is 0 Å². The third-order valence-electron chi connectivity index (χ3n) is 3.02. The van der Waals surface area contributed by atoms with Gasteiger partial charge >= 0.3 is 0 Å². The predicted octanol–water partition coefficient (Wildman–Crippen LogP) is 2.80. The minimum Gasteiger partial charge on any atom is -0.350 e. The fourth-order valence-corrected chi connectivity index (χ4v) is 2.88. The zero-order valence-corrected chi connectivity index (χ0v) is 11.9. The lowest BCUT2D eigenvalue weighted by atomic mass is 10.3. The largest absolute Gasteiger partial charge is 0.350 e. The Morgan fingerprint density at radius 1 is 1.26 bits per heavy atom. The summed E-state index contributed by atoms with van der Waals surface area (Å²) in [4.78, 5) is 14.9. The third-order valence-corrected chi connectivity index (χ3v) is 3.92. The number of rotatable bonds is 4. The number of nitrogens with zero attached hydrogens (tertiary/aromatic N) is 4. The molecule has 0 aromatic carbocycles. The molecule has 1 N–H and O–H groups in total. The smallest absolute Gasteiger partial charge is 0.231 e. The maximum Gasteiger partial charge on any atom is 0.231 e. The maximum atomic E-state index is 5.96. The van der Waals surface area contributed by atoms with Gasteiger partial charge in [0.15, 0.2) is 0 Å². The number of halogens is 1. The summed E-state index contributed by atoms with van der Waals surface area (Å²) in [5.41, 5.74) is 1.21. The van der Waals surface area contributed by atoms with Crippen molar-refractivity contribution in [2.24, 2.45) is 0 Å². The van der Waals surface area contributed by atoms with E-state index in [4.69, 9.17) is 11.6 Å². The highest BCUT2D eigenvalue weighted by atomic mass is 35.5. The summed E-state index contributed by atoms with van der Waals surface area (Å²) in [5.74, 6) is 1.21. The molecule has 0 unspecified atom stereocenters. The number of thiophene rings is 1. The minimum atomic E-state index is 0.240. The van der Waals surface area contributed by atoms with Gasteiger partial charge in [0.2, 0.25) is 17.2 Å². The SMILES string of the molecule is Clc1nc(NCc2ccsc2)nc(N2CCCC2)n1. The summed E-state index contributed by atoms with van der Waals surface area (Å²) >= 11 is 7.64. The van der Waals surface area contributed by atoms with E-state index in [1.165, 1.54) is 18.4 Å². The van der Waals surface area contributed by atoms with Crippen molar-refractivity contribution >= 4 is 34.8 Å². The van der Waals surface area contributed by atoms with Crippen molar-refractivity contribution in [2.45, 2.75) is 19.4 Å². The molecule has 100 valence electrons. The van der Waals surface area contributed by atoms with Crippen LogP contribution in [-0.4, -0.2) is 28.0 Å². The van der Waals surface area contributed by atoms with E-state index >= 15 is 0 Å². The Hall–Kier alpha value is -1.40. The Balaban J connectivity index is 1.73. The summed E-state index contributed by atoms with van der Waals surface area (Å²) in [6.07, 6.45) is 2.36. The van der Waals surface area contributed by atoms with E-state index in [1.54, 1.807) is 11.3 Å². The second-order valence-corrected chi connectivity index (χ2v) is 5.53. The number of aromatic nitrogens is 3. The maximum absolute atomic E-state index is 5.96. The molecule has 1 saturated heterocycles. The molecule has 3 rings (SSSR count). The van der Waals surface area contributed by atoms with Crippen LogP contribution in [0.4, 0.5) is 11.9 Å². The van der Waals surface area contributed by atoms with Gasteiger partial charge in [0, 0.05) is 19.6 Å². The first-order valence-electron chi connectivity index (χ1n) is 6.23. The monoisotopic (exact) mass is 295 g/mol. The van der Waals surface area contributed by atoms with Gasteiger partial charge in [-0.25, -0.2) is 0 Å². The molecule has 2 aromatic rings. The van der Waals surface area contributed by atoms with E-state index in [0.29, 0.717) is 18.4 Å². The van der Waals surface area contributed by atoms with Gasteiger partial charge in [-0.15, -0.1) is 0 Å². The molecule has 1 aliphatic rings. The van der Waals surface area contributed by atoms with Gasteiger partial charge in [0.25, 0.3) is 0 Å². The average molecular weight is 296 g/mol. The lowest BCUT2D eigenvalue weighted by Crippen LogP contribution is -2.21. The van der Waals surface area contributed by atoms with Gasteiger partial charge in [-0.2, -0.15) is 26.3 Å². The van der Waals surface area contributed by atoms with Crippen molar-refractivity contribution in [1.29, 1.82) is 0 Å². The van der Waals surface area contributed by atoms with E-state index in [0.717, 1.165) is 13.1 Å². The van der Waals surface area contributed by atoms with Crippen LogP contribution >= 0.6 is 22.9 Å². The third kappa shape index (κ3) is 3.13. The van der Waals surface area contributed by atoms with Crippen LogP contribution in [0, 0.1) is 0 Å². The van der Waals surface area contributed by atoms with Crippen LogP contribution < -0.4 is 10.2 Å². The lowest BCUT2D eigenvalue weighted by molar-refractivity contribution is 0.876. The van der Waals surface area contributed by atoms with Crippen molar-refractivity contribution in [2.75, 3.05) is 23.3 Å². The van der Waals surface area contributed by atoms with E-state index in [9.17, 15) is 0 Å². The molecule has 0 amide bonds. The highest BCUT2D eigenvalue weighted by Crippen LogP contribution is 2.19. The molecule has 0 aliphatic carbocycles. The Morgan fingerprint density at radius 3 is 2.84 bits per heavy atom. The normalized spacial score (nSPS) is 14.9. The predicted molar refractivity (Wildman–Crippen MR) is 77.9 cm³/mol. The van der Waals surface area contributed by atoms with E-state index in [-0.39, 0.29) is 5.28 Å². The van der Waals surface area contributed by atoms with E-state index in [1.807, 2.05) is 5.38 Å². The first kappa shape index (κ1) is 12.6. The fourth-order valence-electron chi connectivity index (χ4n) is 2.05. The van der Waals surface area contributed by atoms with Crippen LogP contribution in [0.2, 0.25) is 5.28 Å². The van der Waals surface area contributed by atoms with Crippen LogP contribution in [0.3, 0.4) is 0 Å². The van der Waals surface area contributed by atoms with Crippen molar-refractivity contribution in [1.82, 2.24) is 15.0 Å². The van der Waals surface area contributed by atoms with Gasteiger partial charge in [-0.05, 0) is 46.8 Å². The summed E-state index contributed by atoms with van der Waals surface area (Å²) in [5, 5.41) is 7.57. The summed E-state index contributed by atoms with van der Waals surface area (Å²) in [6.45, 7) is 2.68. The molecular formula is C12H14ClN5S. The van der Waals surface area contributed by atoms with Crippen LogP contribution in [0.15, 0.2) is 16.8 Å². The molecule has 0 spiro atoms. The molecule has 0 atom stereocenters. The highest BCUT2D eigenvalue weighted by Gasteiger charge is 2.16. The molecule has 7 heteroatoms. The summed E-state index contributed by atoms with van der Waals surface area (Å²) in [6, 6.07) is 2.07. The Bertz CT molecular complexity index is 539. The number of hydrogen-bond acceptors (Lipinski definition) is 6. The molecule has 0 saturated carbocycles. The second-order valence-electron chi connectivity index (χ2n) is 4.41. The number of nitrogens with one attached hydrogen (secondary N) is 1. The standard InChI is InChI=1S/C12H14ClN5S/c13-10-15-11(14-7-9-3-6-19-8-9)17-12(16-10)18-4-1-2-5-18/h3,6,8H,1-2,4-5,7H2,(H,14,15,16,17). The molecule has 2 aromatic heterocycles. The zero-order valence-electron chi connectivity index (χ0n) is 10.3. The van der Waals surface area contributed by atoms with Gasteiger partial charge in [0.05, 0.1) is 0 Å². The summed E-state index contributed by atoms with van der Waals surface area (Å²) < 4.78 is 0. The molecule has 1 aliphatic heterocycles. The molecule has 1 fully saturated rings. The Kier molecular flexibility index (Phi) is 3.79. The van der Waals surface area contributed by atoms with Crippen LogP contribution in [-0.2, 0) is 6.54 Å². The van der Waals surface area contributed by atoms with Crippen LogP contribution in [0.25, 0.3) is 0 Å². The highest BCUT2D eigenvalue weighted by molar-refractivity contribution is 7.07. The van der Waals surface area contributed by atoms with E-state index in [2.05, 4.69) is 36.6 Å². The fraction of sp³-hybridized carbons (Fsp3) is 0.417. The van der Waals surface area contributed by atoms with Gasteiger partial charge < -0.3 is 10.2 Å². The number of anilines is 2. The average Bonchev–Trinajstić information content (AvgIpc) is 3.09. The summed E-state index contributed by atoms with van der Waals surface area (Å²) in [7, 11) is 0. The Morgan fingerprint density at radius 2 is 2.11 bits per heavy atom. The second kappa shape index (κ2) is 5.71. The topological polar surface area (TPSA) is 53.9 Å². The van der Waals surface area contributed by atoms with Crippen molar-refractivity contribution in [3.8, 4) is 0 Å². The molecule has 5 nitrogen and oxygen atoms in total. The molecule has 19 heavy (non-hydrogen) atoms. The van der Waals surface area contributed by atoms with Crippen molar-refractivity contribution in [3.63, 3.8) is 0 Å². The van der Waals surface area contributed by atoms with E-state index < -0.39 is 0 Å². The van der Waals surface area contributed by atoms with Crippen LogP contribution in [0.1, 0.15) is 18.4 Å². The van der Waals surface area contributed by atoms with Gasteiger partial charge in [-0.1, -0.05) is 0 Å². The zero-order chi connectivity index (χ0) is 13.1. The first-order valence-corrected chi connectivity index (χ1v) is 7.55. The van der Waals surface area contributed by atoms with Gasteiger partial charge in [-0.3, -0.25) is 0 Å². The molecule has 0 radical (unpaired) electrons.